The molecule has 0 unspecified atom stereocenters. The number of nitrogens with two attached hydrogens (primary N) is 3. The number of carboxylic acid groups (broad SMARTS) is 1. The van der Waals surface area contributed by atoms with Crippen molar-refractivity contribution in [3.63, 3.8) is 0 Å². The molecule has 1 aromatic heterocycles. The van der Waals surface area contributed by atoms with E-state index in [2.05, 4.69) is 36.9 Å². The van der Waals surface area contributed by atoms with Crippen molar-refractivity contribution in [2.24, 2.45) is 23.1 Å². The minimum absolute atomic E-state index is 0.0458. The molecule has 0 radical (unpaired) electrons. The van der Waals surface area contributed by atoms with Crippen LogP contribution in [0, 0.1) is 5.92 Å². The van der Waals surface area contributed by atoms with Crippen molar-refractivity contribution in [2.75, 3.05) is 0 Å². The minimum atomic E-state index is -1.69. The molecule has 69 heavy (non-hydrogen) atoms. The number of hydrogen-bond donors (Lipinski definition) is 12. The van der Waals surface area contributed by atoms with Crippen LogP contribution in [0.15, 0.2) is 85.1 Å². The van der Waals surface area contributed by atoms with Crippen molar-refractivity contribution in [3.8, 4) is 5.75 Å². The maximum Gasteiger partial charge on any atom is 0.305 e. The molecule has 15 N–H and O–H groups in total. The fourth-order valence-electron chi connectivity index (χ4n) is 7.20. The van der Waals surface area contributed by atoms with E-state index in [0.717, 1.165) is 0 Å². The fourth-order valence-corrected chi connectivity index (χ4v) is 7.20. The standard InChI is InChI=1S/C48H62N10O11/c1-5-26(2)40(46(68)56-35(22-28-15-17-30(59)18-16-28)43(65)54-34(41(50)63)21-27-11-7-6-8-12-27)58-42(64)33(19-20-38(49)60)53-44(66)36(23-29-25-52-32-14-10-9-13-31(29)32)55-45(67)37(24-39(61)62)57-47(69)48(3,4)51/h6-18,25-26,33-37,40,52,59H,5,19-24,51H2,1-4H3,(H2,49,60)(H2,50,63)(H,53,66)(H,54,65)(H,55,67)(H,56,68)(H,57,69)(H,58,64)(H,61,62)/t26-,33-,34-,35-,36-,37-,40-/m0/s1. The van der Waals surface area contributed by atoms with Crippen LogP contribution >= 0.6 is 0 Å². The number of aromatic nitrogens is 1. The predicted molar refractivity (Wildman–Crippen MR) is 253 cm³/mol. The average molecular weight is 955 g/mol. The Morgan fingerprint density at radius 3 is 1.75 bits per heavy atom. The molecule has 3 aromatic carbocycles. The third kappa shape index (κ3) is 16.5. The Balaban J connectivity index is 1.64. The second-order valence-electron chi connectivity index (χ2n) is 17.5. The Labute approximate surface area is 398 Å². The van der Waals surface area contributed by atoms with Crippen molar-refractivity contribution in [1.82, 2.24) is 36.9 Å². The number of benzene rings is 3. The molecule has 4 aromatic rings. The summed E-state index contributed by atoms with van der Waals surface area (Å²) in [5.74, 6) is -9.20. The van der Waals surface area contributed by atoms with Crippen molar-refractivity contribution >= 4 is 64.1 Å². The number of aliphatic carboxylic acids is 1. The molecule has 0 fully saturated rings. The number of phenolic OH excluding ortho intramolecular Hbond substituents is 1. The highest BCUT2D eigenvalue weighted by atomic mass is 16.4. The summed E-state index contributed by atoms with van der Waals surface area (Å²) in [7, 11) is 0. The summed E-state index contributed by atoms with van der Waals surface area (Å²) in [5, 5.41) is 35.6. The third-order valence-corrected chi connectivity index (χ3v) is 11.4. The highest BCUT2D eigenvalue weighted by Gasteiger charge is 2.36. The van der Waals surface area contributed by atoms with Gasteiger partial charge in [0.05, 0.1) is 12.0 Å². The lowest BCUT2D eigenvalue weighted by Crippen LogP contribution is -2.61. The molecule has 0 bridgehead atoms. The van der Waals surface area contributed by atoms with Gasteiger partial charge in [0.25, 0.3) is 0 Å². The zero-order chi connectivity index (χ0) is 51.0. The van der Waals surface area contributed by atoms with E-state index in [1.165, 1.54) is 38.1 Å². The lowest BCUT2D eigenvalue weighted by atomic mass is 9.96. The van der Waals surface area contributed by atoms with Gasteiger partial charge in [-0.15, -0.1) is 0 Å². The van der Waals surface area contributed by atoms with Gasteiger partial charge in [0.2, 0.25) is 47.3 Å². The van der Waals surface area contributed by atoms with Gasteiger partial charge in [-0.2, -0.15) is 0 Å². The molecule has 1 heterocycles. The van der Waals surface area contributed by atoms with E-state index in [1.54, 1.807) is 74.6 Å². The Bertz CT molecular complexity index is 2470. The first kappa shape index (κ1) is 53.8. The zero-order valence-electron chi connectivity index (χ0n) is 38.9. The molecule has 370 valence electrons. The Morgan fingerprint density at radius 2 is 1.16 bits per heavy atom. The zero-order valence-corrected chi connectivity index (χ0v) is 38.9. The fraction of sp³-hybridized carbons (Fsp3) is 0.396. The van der Waals surface area contributed by atoms with Gasteiger partial charge in [-0.1, -0.05) is 80.9 Å². The van der Waals surface area contributed by atoms with Crippen LogP contribution in [0.5, 0.6) is 5.75 Å². The van der Waals surface area contributed by atoms with Crippen LogP contribution in [0.3, 0.4) is 0 Å². The van der Waals surface area contributed by atoms with E-state index in [9.17, 15) is 53.4 Å². The number of rotatable bonds is 26. The smallest absolute Gasteiger partial charge is 0.305 e. The topological polar surface area (TPSA) is 360 Å². The summed E-state index contributed by atoms with van der Waals surface area (Å²) in [6, 6.07) is 13.0. The predicted octanol–water partition coefficient (Wildman–Crippen LogP) is -0.181. The number of carbonyl (C=O) groups excluding carboxylic acids is 8. The van der Waals surface area contributed by atoms with Gasteiger partial charge in [-0.3, -0.25) is 43.2 Å². The van der Waals surface area contributed by atoms with Gasteiger partial charge >= 0.3 is 5.97 Å². The number of aromatic amines is 1. The van der Waals surface area contributed by atoms with Gasteiger partial charge in [0.1, 0.15) is 42.0 Å². The summed E-state index contributed by atoms with van der Waals surface area (Å²) in [4.78, 5) is 123. The number of para-hydroxylation sites is 1. The molecule has 0 saturated heterocycles. The first-order valence-corrected chi connectivity index (χ1v) is 22.3. The second-order valence-corrected chi connectivity index (χ2v) is 17.5. The van der Waals surface area contributed by atoms with Crippen LogP contribution in [0.4, 0.5) is 0 Å². The SMILES string of the molecule is CC[C@H](C)[C@H](NC(=O)[C@H](CCC(N)=O)NC(=O)[C@H](Cc1c[nH]c2ccccc12)NC(=O)[C@H](CC(=O)O)NC(=O)C(C)(C)N)C(=O)N[C@@H](Cc1ccc(O)cc1)C(=O)N[C@@H](Cc1ccccc1)C(N)=O. The second kappa shape index (κ2) is 24.8. The molecule has 8 amide bonds. The molecule has 0 aliphatic carbocycles. The number of carboxylic acids is 1. The van der Waals surface area contributed by atoms with E-state index in [0.29, 0.717) is 34.0 Å². The van der Waals surface area contributed by atoms with Crippen LogP contribution in [-0.4, -0.2) is 110 Å². The van der Waals surface area contributed by atoms with Gasteiger partial charge < -0.3 is 64.3 Å². The highest BCUT2D eigenvalue weighted by Crippen LogP contribution is 2.20. The highest BCUT2D eigenvalue weighted by molar-refractivity contribution is 5.99. The molecule has 0 aliphatic heterocycles. The van der Waals surface area contributed by atoms with Crippen LogP contribution in [0.2, 0.25) is 0 Å². The van der Waals surface area contributed by atoms with E-state index in [1.807, 2.05) is 0 Å². The molecule has 7 atom stereocenters. The molecule has 0 saturated carbocycles. The van der Waals surface area contributed by atoms with Gasteiger partial charge in [-0.05, 0) is 61.1 Å². The normalized spacial score (nSPS) is 14.3. The molecule has 4 rings (SSSR count). The van der Waals surface area contributed by atoms with Crippen LogP contribution in [0.1, 0.15) is 70.1 Å². The number of nitrogens with one attached hydrogen (secondary N) is 7. The van der Waals surface area contributed by atoms with Crippen molar-refractivity contribution in [2.45, 2.75) is 114 Å². The maximum absolute atomic E-state index is 14.4. The molecule has 0 aliphatic rings. The van der Waals surface area contributed by atoms with E-state index < -0.39 is 114 Å². The van der Waals surface area contributed by atoms with Crippen LogP contribution in [-0.2, 0) is 62.4 Å². The van der Waals surface area contributed by atoms with E-state index >= 15 is 0 Å². The monoisotopic (exact) mass is 954 g/mol. The minimum Gasteiger partial charge on any atom is -0.508 e. The maximum atomic E-state index is 14.4. The first-order chi connectivity index (χ1) is 32.6. The van der Waals surface area contributed by atoms with E-state index in [-0.39, 0.29) is 31.4 Å². The number of aromatic hydroxyl groups is 1. The van der Waals surface area contributed by atoms with Gasteiger partial charge in [-0.25, -0.2) is 0 Å². The average Bonchev–Trinajstić information content (AvgIpc) is 3.70. The number of primary amides is 2. The number of phenols is 1. The number of hydrogen-bond acceptors (Lipinski definition) is 11. The first-order valence-electron chi connectivity index (χ1n) is 22.3. The summed E-state index contributed by atoms with van der Waals surface area (Å²) in [6.07, 6.45) is -0.0497. The summed E-state index contributed by atoms with van der Waals surface area (Å²) in [5.41, 5.74) is 18.0. The van der Waals surface area contributed by atoms with Gasteiger partial charge in [0.15, 0.2) is 0 Å². The summed E-state index contributed by atoms with van der Waals surface area (Å²) < 4.78 is 0. The van der Waals surface area contributed by atoms with Gasteiger partial charge in [0, 0.05) is 42.8 Å². The molecule has 0 spiro atoms. The molecule has 21 heteroatoms. The Hall–Kier alpha value is -7.81. The molecule has 21 nitrogen and oxygen atoms in total. The van der Waals surface area contributed by atoms with Crippen LogP contribution < -0.4 is 49.1 Å². The van der Waals surface area contributed by atoms with Crippen molar-refractivity contribution in [3.05, 3.63) is 102 Å². The number of amides is 8. The summed E-state index contributed by atoms with van der Waals surface area (Å²) in [6.45, 7) is 6.10. The lowest BCUT2D eigenvalue weighted by molar-refractivity contribution is -0.141. The van der Waals surface area contributed by atoms with E-state index in [4.69, 9.17) is 17.2 Å². The van der Waals surface area contributed by atoms with Crippen molar-refractivity contribution < 1.29 is 53.4 Å². The number of carbonyl (C=O) groups is 9. The van der Waals surface area contributed by atoms with Crippen LogP contribution in [0.25, 0.3) is 10.9 Å². The van der Waals surface area contributed by atoms with Crippen molar-refractivity contribution in [1.29, 1.82) is 0 Å². The molecular formula is C48H62N10O11. The Kier molecular flexibility index (Phi) is 19.3. The lowest BCUT2D eigenvalue weighted by Gasteiger charge is -2.29. The third-order valence-electron chi connectivity index (χ3n) is 11.4. The molecular weight excluding hydrogens is 893 g/mol. The largest absolute Gasteiger partial charge is 0.508 e. The summed E-state index contributed by atoms with van der Waals surface area (Å²) >= 11 is 0. The Morgan fingerprint density at radius 1 is 0.638 bits per heavy atom. The number of H-pyrrole nitrogens is 1. The number of fused-ring (bicyclic) bond motifs is 1. The quantitative estimate of drug-likeness (QED) is 0.0390.